The Bertz CT molecular complexity index is 163. The molecule has 108 valence electrons. The van der Waals surface area contributed by atoms with E-state index in [-0.39, 0.29) is 0 Å². The fourth-order valence-electron chi connectivity index (χ4n) is 2.38. The Hall–Kier alpha value is -0.460. The van der Waals surface area contributed by atoms with Crippen molar-refractivity contribution in [2.45, 2.75) is 96.8 Å². The molecule has 0 rings (SSSR count). The van der Waals surface area contributed by atoms with Crippen molar-refractivity contribution in [2.75, 3.05) is 0 Å². The lowest BCUT2D eigenvalue weighted by Crippen LogP contribution is -1.83. The van der Waals surface area contributed by atoms with Gasteiger partial charge < -0.3 is 5.73 Å². The molecular formula is C17H35N. The van der Waals surface area contributed by atoms with E-state index in [9.17, 15) is 0 Å². The topological polar surface area (TPSA) is 26.0 Å². The summed E-state index contributed by atoms with van der Waals surface area (Å²) in [5, 5.41) is 0. The van der Waals surface area contributed by atoms with Crippen molar-refractivity contribution in [3.8, 4) is 0 Å². The number of nitrogens with two attached hydrogens (primary N) is 1. The van der Waals surface area contributed by atoms with Gasteiger partial charge in [0.25, 0.3) is 0 Å². The molecule has 0 unspecified atom stereocenters. The molecule has 0 aromatic carbocycles. The highest BCUT2D eigenvalue weighted by Gasteiger charge is 1.93. The molecule has 0 aliphatic heterocycles. The predicted molar refractivity (Wildman–Crippen MR) is 83.6 cm³/mol. The summed E-state index contributed by atoms with van der Waals surface area (Å²) in [7, 11) is 0. The van der Waals surface area contributed by atoms with Gasteiger partial charge in [0.2, 0.25) is 0 Å². The zero-order chi connectivity index (χ0) is 13.3. The Labute approximate surface area is 115 Å². The van der Waals surface area contributed by atoms with Gasteiger partial charge in [0, 0.05) is 0 Å². The first-order valence-corrected chi connectivity index (χ1v) is 8.28. The second-order valence-electron chi connectivity index (χ2n) is 5.46. The van der Waals surface area contributed by atoms with Gasteiger partial charge in [0.05, 0.1) is 0 Å². The summed E-state index contributed by atoms with van der Waals surface area (Å²) in [5.41, 5.74) is 5.30. The summed E-state index contributed by atoms with van der Waals surface area (Å²) in [5.74, 6) is 0. The lowest BCUT2D eigenvalue weighted by Gasteiger charge is -2.02. The zero-order valence-electron chi connectivity index (χ0n) is 12.6. The molecule has 0 aliphatic carbocycles. The highest BCUT2D eigenvalue weighted by atomic mass is 14.5. The van der Waals surface area contributed by atoms with Gasteiger partial charge in [-0.15, -0.1) is 0 Å². The minimum absolute atomic E-state index is 1.16. The van der Waals surface area contributed by atoms with E-state index in [0.717, 1.165) is 6.42 Å². The minimum atomic E-state index is 1.16. The summed E-state index contributed by atoms with van der Waals surface area (Å²) in [6, 6.07) is 0. The maximum absolute atomic E-state index is 5.30. The van der Waals surface area contributed by atoms with E-state index in [1.165, 1.54) is 83.5 Å². The zero-order valence-corrected chi connectivity index (χ0v) is 12.6. The second-order valence-corrected chi connectivity index (χ2v) is 5.46. The average Bonchev–Trinajstić information content (AvgIpc) is 2.39. The first-order chi connectivity index (χ1) is 8.91. The Morgan fingerprint density at radius 3 is 1.39 bits per heavy atom. The summed E-state index contributed by atoms with van der Waals surface area (Å²) >= 11 is 0. The van der Waals surface area contributed by atoms with Crippen LogP contribution >= 0.6 is 0 Å². The number of hydrogen-bond donors (Lipinski definition) is 1. The standard InChI is InChI=1S/C17H35N/c1-2-3-4-5-6-7-8-9-10-11-12-13-14-15-16-17-18/h16-17H,2-15,18H2,1H3/b17-16+. The van der Waals surface area contributed by atoms with Crippen LogP contribution in [0, 0.1) is 0 Å². The molecule has 2 N–H and O–H groups in total. The van der Waals surface area contributed by atoms with E-state index in [1.807, 2.05) is 0 Å². The number of allylic oxidation sites excluding steroid dienone is 1. The maximum Gasteiger partial charge on any atom is -0.0103 e. The molecular weight excluding hydrogens is 218 g/mol. The Morgan fingerprint density at radius 1 is 0.611 bits per heavy atom. The molecule has 0 radical (unpaired) electrons. The molecule has 0 aromatic rings. The largest absolute Gasteiger partial charge is 0.405 e. The molecule has 0 atom stereocenters. The van der Waals surface area contributed by atoms with Gasteiger partial charge in [-0.1, -0.05) is 90.0 Å². The lowest BCUT2D eigenvalue weighted by molar-refractivity contribution is 0.540. The van der Waals surface area contributed by atoms with E-state index in [2.05, 4.69) is 13.0 Å². The quantitative estimate of drug-likeness (QED) is 0.381. The van der Waals surface area contributed by atoms with Gasteiger partial charge in [-0.3, -0.25) is 0 Å². The van der Waals surface area contributed by atoms with Crippen LogP contribution in [0.2, 0.25) is 0 Å². The first kappa shape index (κ1) is 17.5. The van der Waals surface area contributed by atoms with E-state index >= 15 is 0 Å². The molecule has 0 saturated carbocycles. The van der Waals surface area contributed by atoms with Crippen molar-refractivity contribution in [3.63, 3.8) is 0 Å². The van der Waals surface area contributed by atoms with Crippen LogP contribution in [0.25, 0.3) is 0 Å². The Morgan fingerprint density at radius 2 is 1.00 bits per heavy atom. The molecule has 0 fully saturated rings. The smallest absolute Gasteiger partial charge is 0.0103 e. The van der Waals surface area contributed by atoms with Crippen LogP contribution in [0.1, 0.15) is 96.8 Å². The molecule has 1 nitrogen and oxygen atoms in total. The summed E-state index contributed by atoms with van der Waals surface area (Å²) in [6.45, 7) is 2.28. The normalized spacial score (nSPS) is 11.4. The van der Waals surface area contributed by atoms with E-state index < -0.39 is 0 Å². The van der Waals surface area contributed by atoms with E-state index in [1.54, 1.807) is 6.20 Å². The molecule has 0 aliphatic rings. The van der Waals surface area contributed by atoms with E-state index in [4.69, 9.17) is 5.73 Å². The predicted octanol–water partition coefficient (Wildman–Crippen LogP) is 5.94. The summed E-state index contributed by atoms with van der Waals surface area (Å²) in [6.07, 6.45) is 23.4. The van der Waals surface area contributed by atoms with Gasteiger partial charge in [0.15, 0.2) is 0 Å². The van der Waals surface area contributed by atoms with Crippen LogP contribution in [0.5, 0.6) is 0 Å². The maximum atomic E-state index is 5.30. The minimum Gasteiger partial charge on any atom is -0.405 e. The van der Waals surface area contributed by atoms with Crippen molar-refractivity contribution in [1.29, 1.82) is 0 Å². The summed E-state index contributed by atoms with van der Waals surface area (Å²) in [4.78, 5) is 0. The lowest BCUT2D eigenvalue weighted by atomic mass is 10.0. The fraction of sp³-hybridized carbons (Fsp3) is 0.882. The van der Waals surface area contributed by atoms with Crippen molar-refractivity contribution >= 4 is 0 Å². The second kappa shape index (κ2) is 16.5. The van der Waals surface area contributed by atoms with Gasteiger partial charge in [-0.2, -0.15) is 0 Å². The summed E-state index contributed by atoms with van der Waals surface area (Å²) < 4.78 is 0. The first-order valence-electron chi connectivity index (χ1n) is 8.28. The average molecular weight is 253 g/mol. The van der Waals surface area contributed by atoms with Crippen LogP contribution in [0.3, 0.4) is 0 Å². The Balaban J connectivity index is 2.90. The number of rotatable bonds is 14. The third kappa shape index (κ3) is 15.5. The molecule has 18 heavy (non-hydrogen) atoms. The SMILES string of the molecule is CCCCCCCCCCCCCCC/C=C/N. The highest BCUT2D eigenvalue weighted by molar-refractivity contribution is 4.74. The van der Waals surface area contributed by atoms with Crippen molar-refractivity contribution in [3.05, 3.63) is 12.3 Å². The van der Waals surface area contributed by atoms with Crippen LogP contribution in [0.4, 0.5) is 0 Å². The van der Waals surface area contributed by atoms with Gasteiger partial charge in [0.1, 0.15) is 0 Å². The Kier molecular flexibility index (Phi) is 16.1. The van der Waals surface area contributed by atoms with Crippen LogP contribution in [0.15, 0.2) is 12.3 Å². The third-order valence-electron chi connectivity index (χ3n) is 3.61. The fourth-order valence-corrected chi connectivity index (χ4v) is 2.38. The van der Waals surface area contributed by atoms with Crippen molar-refractivity contribution in [2.24, 2.45) is 5.73 Å². The molecule has 0 heterocycles. The van der Waals surface area contributed by atoms with E-state index in [0.29, 0.717) is 0 Å². The van der Waals surface area contributed by atoms with Gasteiger partial charge in [-0.05, 0) is 19.0 Å². The molecule has 0 amide bonds. The van der Waals surface area contributed by atoms with Gasteiger partial charge in [-0.25, -0.2) is 0 Å². The van der Waals surface area contributed by atoms with Crippen LogP contribution in [-0.2, 0) is 0 Å². The monoisotopic (exact) mass is 253 g/mol. The van der Waals surface area contributed by atoms with Crippen LogP contribution < -0.4 is 5.73 Å². The number of hydrogen-bond acceptors (Lipinski definition) is 1. The molecule has 1 heteroatoms. The van der Waals surface area contributed by atoms with Crippen molar-refractivity contribution < 1.29 is 0 Å². The molecule has 0 saturated heterocycles. The number of unbranched alkanes of at least 4 members (excludes halogenated alkanes) is 13. The molecule has 0 bridgehead atoms. The third-order valence-corrected chi connectivity index (χ3v) is 3.61. The highest BCUT2D eigenvalue weighted by Crippen LogP contribution is 2.12. The molecule has 0 spiro atoms. The van der Waals surface area contributed by atoms with Gasteiger partial charge >= 0.3 is 0 Å². The van der Waals surface area contributed by atoms with Crippen LogP contribution in [-0.4, -0.2) is 0 Å². The van der Waals surface area contributed by atoms with Crippen molar-refractivity contribution in [1.82, 2.24) is 0 Å². The molecule has 0 aromatic heterocycles.